The summed E-state index contributed by atoms with van der Waals surface area (Å²) in [5, 5.41) is 10.7. The molecule has 0 aromatic carbocycles. The van der Waals surface area contributed by atoms with Crippen molar-refractivity contribution in [3.8, 4) is 0 Å². The lowest BCUT2D eigenvalue weighted by Gasteiger charge is -2.01. The summed E-state index contributed by atoms with van der Waals surface area (Å²) < 4.78 is 4.03. The molecule has 0 radical (unpaired) electrons. The molecular formula is C8H12N6S. The lowest BCUT2D eigenvalue weighted by molar-refractivity contribution is 0.755. The average molecular weight is 224 g/mol. The smallest absolute Gasteiger partial charge is 0.220 e. The zero-order valence-corrected chi connectivity index (χ0v) is 9.38. The molecule has 7 heteroatoms. The molecular weight excluding hydrogens is 212 g/mol. The molecule has 0 fully saturated rings. The van der Waals surface area contributed by atoms with Crippen molar-refractivity contribution in [3.05, 3.63) is 22.2 Å². The monoisotopic (exact) mass is 224 g/mol. The normalized spacial score (nSPS) is 10.8. The number of nitrogens with two attached hydrogens (primary N) is 1. The van der Waals surface area contributed by atoms with E-state index >= 15 is 0 Å². The van der Waals surface area contributed by atoms with E-state index in [0.717, 1.165) is 11.3 Å². The van der Waals surface area contributed by atoms with Gasteiger partial charge < -0.3 is 5.73 Å². The highest BCUT2D eigenvalue weighted by molar-refractivity contribution is 7.71. The van der Waals surface area contributed by atoms with Gasteiger partial charge in [-0.25, -0.2) is 5.10 Å². The number of aromatic nitrogens is 5. The van der Waals surface area contributed by atoms with Crippen molar-refractivity contribution in [1.29, 1.82) is 0 Å². The largest absolute Gasteiger partial charge is 0.368 e. The third-order valence-electron chi connectivity index (χ3n) is 2.23. The molecule has 2 aromatic rings. The Bertz CT molecular complexity index is 534. The molecule has 0 spiro atoms. The maximum Gasteiger partial charge on any atom is 0.220 e. The SMILES string of the molecule is Cc1nn(C)cc1Cn1c(N)n[nH]c1=S. The van der Waals surface area contributed by atoms with E-state index in [2.05, 4.69) is 15.3 Å². The van der Waals surface area contributed by atoms with Gasteiger partial charge in [0.2, 0.25) is 5.95 Å². The number of hydrogen-bond donors (Lipinski definition) is 2. The van der Waals surface area contributed by atoms with E-state index in [1.54, 1.807) is 9.25 Å². The third-order valence-corrected chi connectivity index (χ3v) is 2.54. The zero-order valence-electron chi connectivity index (χ0n) is 8.56. The second-order valence-electron chi connectivity index (χ2n) is 3.39. The molecule has 0 saturated carbocycles. The van der Waals surface area contributed by atoms with Gasteiger partial charge in [-0.1, -0.05) is 0 Å². The first-order valence-corrected chi connectivity index (χ1v) is 4.88. The number of anilines is 1. The summed E-state index contributed by atoms with van der Waals surface area (Å²) in [6.45, 7) is 2.55. The zero-order chi connectivity index (χ0) is 11.0. The Hall–Kier alpha value is -1.63. The molecule has 80 valence electrons. The number of nitrogen functional groups attached to an aromatic ring is 1. The molecule has 0 aliphatic rings. The summed E-state index contributed by atoms with van der Waals surface area (Å²) in [5.74, 6) is 0.392. The minimum atomic E-state index is 0.392. The van der Waals surface area contributed by atoms with Crippen LogP contribution in [0.5, 0.6) is 0 Å². The number of H-pyrrole nitrogens is 1. The number of nitrogens with zero attached hydrogens (tertiary/aromatic N) is 4. The van der Waals surface area contributed by atoms with Gasteiger partial charge in [0.05, 0.1) is 12.2 Å². The fourth-order valence-electron chi connectivity index (χ4n) is 1.46. The van der Waals surface area contributed by atoms with Gasteiger partial charge in [-0.15, -0.1) is 5.10 Å². The van der Waals surface area contributed by atoms with Crippen LogP contribution in [0.3, 0.4) is 0 Å². The second-order valence-corrected chi connectivity index (χ2v) is 3.77. The van der Waals surface area contributed by atoms with Gasteiger partial charge in [-0.05, 0) is 19.1 Å². The Morgan fingerprint density at radius 2 is 2.33 bits per heavy atom. The van der Waals surface area contributed by atoms with Crippen molar-refractivity contribution >= 4 is 18.2 Å². The summed E-state index contributed by atoms with van der Waals surface area (Å²) in [5.41, 5.74) is 7.73. The molecule has 2 aromatic heterocycles. The molecule has 0 aliphatic heterocycles. The van der Waals surface area contributed by atoms with E-state index in [0.29, 0.717) is 17.3 Å². The first-order chi connectivity index (χ1) is 7.08. The van der Waals surface area contributed by atoms with Gasteiger partial charge in [-0.3, -0.25) is 9.25 Å². The van der Waals surface area contributed by atoms with Gasteiger partial charge in [0.25, 0.3) is 0 Å². The third kappa shape index (κ3) is 1.78. The van der Waals surface area contributed by atoms with Crippen molar-refractivity contribution in [2.45, 2.75) is 13.5 Å². The minimum absolute atomic E-state index is 0.392. The van der Waals surface area contributed by atoms with Crippen LogP contribution in [0.2, 0.25) is 0 Å². The van der Waals surface area contributed by atoms with Gasteiger partial charge in [0.1, 0.15) is 0 Å². The quantitative estimate of drug-likeness (QED) is 0.733. The van der Waals surface area contributed by atoms with Crippen molar-refractivity contribution < 1.29 is 0 Å². The molecule has 0 saturated heterocycles. The van der Waals surface area contributed by atoms with Gasteiger partial charge in [-0.2, -0.15) is 5.10 Å². The fourth-order valence-corrected chi connectivity index (χ4v) is 1.66. The van der Waals surface area contributed by atoms with Crippen molar-refractivity contribution in [3.63, 3.8) is 0 Å². The molecule has 0 unspecified atom stereocenters. The Balaban J connectivity index is 2.37. The van der Waals surface area contributed by atoms with Crippen molar-refractivity contribution in [2.75, 3.05) is 5.73 Å². The predicted molar refractivity (Wildman–Crippen MR) is 58.9 cm³/mol. The molecule has 15 heavy (non-hydrogen) atoms. The minimum Gasteiger partial charge on any atom is -0.368 e. The van der Waals surface area contributed by atoms with Crippen LogP contribution in [0.4, 0.5) is 5.95 Å². The van der Waals surface area contributed by atoms with E-state index in [9.17, 15) is 0 Å². The van der Waals surface area contributed by atoms with E-state index < -0.39 is 0 Å². The standard InChI is InChI=1S/C8H12N6S/c1-5-6(3-13(2)12-5)4-14-7(9)10-11-8(14)15/h3H,4H2,1-2H3,(H2,9,10)(H,11,15). The maximum absolute atomic E-state index is 5.67. The van der Waals surface area contributed by atoms with E-state index in [-0.39, 0.29) is 0 Å². The van der Waals surface area contributed by atoms with Crippen LogP contribution in [0.15, 0.2) is 6.20 Å². The second kappa shape index (κ2) is 3.50. The molecule has 3 N–H and O–H groups in total. The highest BCUT2D eigenvalue weighted by Crippen LogP contribution is 2.09. The van der Waals surface area contributed by atoms with Crippen LogP contribution in [0.1, 0.15) is 11.3 Å². The summed E-state index contributed by atoms with van der Waals surface area (Å²) >= 11 is 5.06. The summed E-state index contributed by atoms with van der Waals surface area (Å²) in [6, 6.07) is 0. The Morgan fingerprint density at radius 1 is 1.60 bits per heavy atom. The molecule has 0 amide bonds. The van der Waals surface area contributed by atoms with Gasteiger partial charge >= 0.3 is 0 Å². The van der Waals surface area contributed by atoms with Crippen molar-refractivity contribution in [1.82, 2.24) is 24.5 Å². The Morgan fingerprint density at radius 3 is 2.80 bits per heavy atom. The molecule has 6 nitrogen and oxygen atoms in total. The Kier molecular flexibility index (Phi) is 2.31. The first kappa shape index (κ1) is 9.91. The lowest BCUT2D eigenvalue weighted by atomic mass is 10.2. The van der Waals surface area contributed by atoms with Crippen LogP contribution in [0.25, 0.3) is 0 Å². The van der Waals surface area contributed by atoms with Gasteiger partial charge in [0.15, 0.2) is 4.77 Å². The summed E-state index contributed by atoms with van der Waals surface area (Å²) in [6.07, 6.45) is 1.95. The summed E-state index contributed by atoms with van der Waals surface area (Å²) in [7, 11) is 1.88. The van der Waals surface area contributed by atoms with E-state index in [1.165, 1.54) is 0 Å². The average Bonchev–Trinajstić information content (AvgIpc) is 2.63. The maximum atomic E-state index is 5.67. The summed E-state index contributed by atoms with van der Waals surface area (Å²) in [4.78, 5) is 0. The van der Waals surface area contributed by atoms with Crippen LogP contribution < -0.4 is 5.73 Å². The highest BCUT2D eigenvalue weighted by atomic mass is 32.1. The van der Waals surface area contributed by atoms with E-state index in [1.807, 2.05) is 20.2 Å². The first-order valence-electron chi connectivity index (χ1n) is 4.47. The van der Waals surface area contributed by atoms with Crippen LogP contribution >= 0.6 is 12.2 Å². The number of aromatic amines is 1. The van der Waals surface area contributed by atoms with Crippen molar-refractivity contribution in [2.24, 2.45) is 7.05 Å². The molecule has 0 aliphatic carbocycles. The topological polar surface area (TPSA) is 77.4 Å². The predicted octanol–water partition coefficient (Wildman–Crippen LogP) is 0.613. The lowest BCUT2D eigenvalue weighted by Crippen LogP contribution is -2.05. The van der Waals surface area contributed by atoms with Gasteiger partial charge in [0, 0.05) is 18.8 Å². The molecule has 0 atom stereocenters. The number of aryl methyl sites for hydroxylation is 2. The van der Waals surface area contributed by atoms with Crippen LogP contribution in [-0.2, 0) is 13.6 Å². The highest BCUT2D eigenvalue weighted by Gasteiger charge is 2.07. The molecule has 2 rings (SSSR count). The molecule has 0 bridgehead atoms. The van der Waals surface area contributed by atoms with E-state index in [4.69, 9.17) is 18.0 Å². The number of nitrogens with one attached hydrogen (secondary N) is 1. The van der Waals surface area contributed by atoms with Crippen LogP contribution in [0, 0.1) is 11.7 Å². The fraction of sp³-hybridized carbons (Fsp3) is 0.375. The molecule has 2 heterocycles. The Labute approximate surface area is 91.7 Å². The van der Waals surface area contributed by atoms with Crippen LogP contribution in [-0.4, -0.2) is 24.5 Å². The number of hydrogen-bond acceptors (Lipinski definition) is 4. The number of rotatable bonds is 2.